The van der Waals surface area contributed by atoms with Gasteiger partial charge in [-0.1, -0.05) is 6.42 Å². The van der Waals surface area contributed by atoms with E-state index in [1.807, 2.05) is 30.4 Å². The standard InChI is InChI=1S/C27H34N8OS/c1-33-20-4-2-3-19(20)23-24-21(37-25(23)26(33)36)16-30-27(32-24)31-22-6-5-18(15-29-22)34-11-7-17(8-12-34)35-13-9-28-10-14-35/h5-6,15-17,19-20,28H,2-4,7-14H2,1H3,(H,29,30,31,32). The van der Waals surface area contributed by atoms with Gasteiger partial charge in [0.1, 0.15) is 5.82 Å². The Morgan fingerprint density at radius 2 is 1.86 bits per heavy atom. The maximum atomic E-state index is 13.0. The first-order chi connectivity index (χ1) is 18.2. The molecule has 2 unspecified atom stereocenters. The zero-order valence-electron chi connectivity index (χ0n) is 21.3. The number of rotatable bonds is 4. The van der Waals surface area contributed by atoms with Gasteiger partial charge in [-0.25, -0.2) is 15.0 Å². The molecular formula is C27H34N8OS. The fourth-order valence-electron chi connectivity index (χ4n) is 6.82. The summed E-state index contributed by atoms with van der Waals surface area (Å²) in [4.78, 5) is 35.0. The molecule has 2 atom stereocenters. The number of hydrogen-bond donors (Lipinski definition) is 2. The van der Waals surface area contributed by atoms with Crippen molar-refractivity contribution in [3.8, 4) is 0 Å². The number of likely N-dealkylation sites (N-methyl/N-ethyl adjacent to an activating group) is 1. The molecule has 1 aliphatic carbocycles. The molecule has 10 heteroatoms. The molecule has 0 radical (unpaired) electrons. The minimum absolute atomic E-state index is 0.130. The number of fused-ring (bicyclic) bond motifs is 5. The molecule has 6 heterocycles. The Balaban J connectivity index is 1.05. The zero-order valence-corrected chi connectivity index (χ0v) is 22.1. The molecule has 0 spiro atoms. The van der Waals surface area contributed by atoms with Gasteiger partial charge < -0.3 is 20.4 Å². The van der Waals surface area contributed by atoms with Crippen LogP contribution in [0.3, 0.4) is 0 Å². The van der Waals surface area contributed by atoms with Crippen LogP contribution in [0.25, 0.3) is 10.2 Å². The van der Waals surface area contributed by atoms with Gasteiger partial charge in [-0.15, -0.1) is 11.3 Å². The largest absolute Gasteiger partial charge is 0.370 e. The first kappa shape index (κ1) is 23.3. The van der Waals surface area contributed by atoms with E-state index in [9.17, 15) is 4.79 Å². The second-order valence-electron chi connectivity index (χ2n) is 10.8. The molecule has 0 bridgehead atoms. The topological polar surface area (TPSA) is 89.5 Å². The molecule has 3 aromatic heterocycles. The van der Waals surface area contributed by atoms with Gasteiger partial charge in [0.2, 0.25) is 5.95 Å². The van der Waals surface area contributed by atoms with Crippen molar-refractivity contribution in [1.29, 1.82) is 0 Å². The van der Waals surface area contributed by atoms with Gasteiger partial charge in [0.25, 0.3) is 5.91 Å². The number of piperazine rings is 1. The van der Waals surface area contributed by atoms with Gasteiger partial charge in [-0.2, -0.15) is 0 Å². The van der Waals surface area contributed by atoms with E-state index in [0.29, 0.717) is 23.9 Å². The summed E-state index contributed by atoms with van der Waals surface area (Å²) < 4.78 is 0.984. The summed E-state index contributed by atoms with van der Waals surface area (Å²) in [6.07, 6.45) is 9.56. The van der Waals surface area contributed by atoms with E-state index in [0.717, 1.165) is 71.9 Å². The first-order valence-corrected chi connectivity index (χ1v) is 14.5. The van der Waals surface area contributed by atoms with Crippen LogP contribution in [0.2, 0.25) is 0 Å². The maximum absolute atomic E-state index is 13.0. The number of carbonyl (C=O) groups excluding carboxylic acids is 1. The average Bonchev–Trinajstić information content (AvgIpc) is 3.58. The molecule has 2 saturated heterocycles. The van der Waals surface area contributed by atoms with Crippen LogP contribution in [0.4, 0.5) is 17.5 Å². The Morgan fingerprint density at radius 1 is 1.03 bits per heavy atom. The summed E-state index contributed by atoms with van der Waals surface area (Å²) in [5, 5.41) is 6.75. The quantitative estimate of drug-likeness (QED) is 0.543. The van der Waals surface area contributed by atoms with Crippen LogP contribution in [0, 0.1) is 0 Å². The number of amides is 1. The van der Waals surface area contributed by atoms with Crippen molar-refractivity contribution in [2.75, 3.05) is 56.5 Å². The van der Waals surface area contributed by atoms with E-state index in [-0.39, 0.29) is 5.91 Å². The van der Waals surface area contributed by atoms with Gasteiger partial charge in [0, 0.05) is 69.9 Å². The second-order valence-corrected chi connectivity index (χ2v) is 11.9. The second kappa shape index (κ2) is 9.49. The Kier molecular flexibility index (Phi) is 5.98. The van der Waals surface area contributed by atoms with Crippen LogP contribution in [-0.4, -0.2) is 89.1 Å². The Bertz CT molecular complexity index is 1300. The van der Waals surface area contributed by atoms with E-state index < -0.39 is 0 Å². The normalized spacial score (nSPS) is 24.9. The molecule has 1 amide bonds. The third kappa shape index (κ3) is 4.15. The summed E-state index contributed by atoms with van der Waals surface area (Å²) >= 11 is 1.53. The van der Waals surface area contributed by atoms with Crippen LogP contribution >= 0.6 is 11.3 Å². The summed E-state index contributed by atoms with van der Waals surface area (Å²) in [6.45, 7) is 6.71. The molecular weight excluding hydrogens is 484 g/mol. The number of hydrogen-bond acceptors (Lipinski definition) is 9. The molecule has 3 aliphatic heterocycles. The molecule has 4 aliphatic rings. The van der Waals surface area contributed by atoms with Gasteiger partial charge in [0.15, 0.2) is 0 Å². The minimum atomic E-state index is 0.130. The number of aromatic nitrogens is 3. The van der Waals surface area contributed by atoms with Gasteiger partial charge in [-0.05, 0) is 37.8 Å². The fourth-order valence-corrected chi connectivity index (χ4v) is 7.99. The van der Waals surface area contributed by atoms with Crippen LogP contribution in [0.1, 0.15) is 53.3 Å². The highest BCUT2D eigenvalue weighted by Crippen LogP contribution is 2.48. The van der Waals surface area contributed by atoms with Crippen molar-refractivity contribution in [3.63, 3.8) is 0 Å². The molecule has 1 saturated carbocycles. The number of anilines is 3. The lowest BCUT2D eigenvalue weighted by atomic mass is 9.89. The SMILES string of the molecule is CN1C(=O)c2sc3cnc(Nc4ccc(N5CCC(N6CCNCC6)CC5)cn4)nc3c2C2CCCC21. The van der Waals surface area contributed by atoms with Crippen molar-refractivity contribution >= 4 is 44.9 Å². The summed E-state index contributed by atoms with van der Waals surface area (Å²) in [7, 11) is 1.95. The van der Waals surface area contributed by atoms with Crippen LogP contribution in [0.15, 0.2) is 24.5 Å². The van der Waals surface area contributed by atoms with Crippen molar-refractivity contribution in [2.24, 2.45) is 0 Å². The van der Waals surface area contributed by atoms with Crippen molar-refractivity contribution < 1.29 is 4.79 Å². The Morgan fingerprint density at radius 3 is 2.65 bits per heavy atom. The number of piperidine rings is 1. The van der Waals surface area contributed by atoms with E-state index in [4.69, 9.17) is 4.98 Å². The highest BCUT2D eigenvalue weighted by Gasteiger charge is 2.43. The van der Waals surface area contributed by atoms with E-state index in [1.165, 1.54) is 43.0 Å². The van der Waals surface area contributed by atoms with Crippen LogP contribution in [0.5, 0.6) is 0 Å². The Labute approximate surface area is 221 Å². The molecule has 7 rings (SSSR count). The van der Waals surface area contributed by atoms with E-state index >= 15 is 0 Å². The number of thiophene rings is 1. The lowest BCUT2D eigenvalue weighted by Gasteiger charge is -2.41. The van der Waals surface area contributed by atoms with Gasteiger partial charge in [-0.3, -0.25) is 9.69 Å². The fraction of sp³-hybridized carbons (Fsp3) is 0.556. The smallest absolute Gasteiger partial charge is 0.264 e. The molecule has 194 valence electrons. The number of carbonyl (C=O) groups is 1. The number of nitrogens with zero attached hydrogens (tertiary/aromatic N) is 6. The van der Waals surface area contributed by atoms with Gasteiger partial charge in [0.05, 0.1) is 33.2 Å². The Hall–Kier alpha value is -2.82. The number of nitrogens with one attached hydrogen (secondary N) is 2. The molecule has 3 fully saturated rings. The molecule has 9 nitrogen and oxygen atoms in total. The van der Waals surface area contributed by atoms with Crippen molar-refractivity contribution in [3.05, 3.63) is 35.0 Å². The van der Waals surface area contributed by atoms with Crippen molar-refractivity contribution in [2.45, 2.75) is 50.1 Å². The lowest BCUT2D eigenvalue weighted by Crippen LogP contribution is -2.52. The van der Waals surface area contributed by atoms with Crippen LogP contribution in [-0.2, 0) is 0 Å². The van der Waals surface area contributed by atoms with Crippen LogP contribution < -0.4 is 15.5 Å². The third-order valence-electron chi connectivity index (χ3n) is 8.81. The predicted molar refractivity (Wildman–Crippen MR) is 147 cm³/mol. The van der Waals surface area contributed by atoms with Gasteiger partial charge >= 0.3 is 0 Å². The zero-order chi connectivity index (χ0) is 24.9. The third-order valence-corrected chi connectivity index (χ3v) is 9.93. The first-order valence-electron chi connectivity index (χ1n) is 13.6. The highest BCUT2D eigenvalue weighted by molar-refractivity contribution is 7.21. The summed E-state index contributed by atoms with van der Waals surface area (Å²) in [6, 6.07) is 5.15. The minimum Gasteiger partial charge on any atom is -0.370 e. The lowest BCUT2D eigenvalue weighted by molar-refractivity contribution is 0.0701. The maximum Gasteiger partial charge on any atom is 0.264 e. The monoisotopic (exact) mass is 518 g/mol. The predicted octanol–water partition coefficient (Wildman–Crippen LogP) is 3.43. The van der Waals surface area contributed by atoms with E-state index in [1.54, 1.807) is 0 Å². The molecule has 37 heavy (non-hydrogen) atoms. The molecule has 2 N–H and O–H groups in total. The number of pyridine rings is 1. The summed E-state index contributed by atoms with van der Waals surface area (Å²) in [5.41, 5.74) is 3.24. The average molecular weight is 519 g/mol. The van der Waals surface area contributed by atoms with Crippen molar-refractivity contribution in [1.82, 2.24) is 30.1 Å². The molecule has 0 aromatic carbocycles. The highest BCUT2D eigenvalue weighted by atomic mass is 32.1. The summed E-state index contributed by atoms with van der Waals surface area (Å²) in [5.74, 6) is 1.77. The van der Waals surface area contributed by atoms with E-state index in [2.05, 4.69) is 36.5 Å². The molecule has 3 aromatic rings.